The fourth-order valence-corrected chi connectivity index (χ4v) is 0.801. The highest BCUT2D eigenvalue weighted by Crippen LogP contribution is 2.01. The molecule has 0 aromatic heterocycles. The van der Waals surface area contributed by atoms with Gasteiger partial charge in [0.25, 0.3) is 0 Å². The van der Waals surface area contributed by atoms with Crippen molar-refractivity contribution in [3.8, 4) is 0 Å². The van der Waals surface area contributed by atoms with Crippen LogP contribution in [0, 0.1) is 5.92 Å². The van der Waals surface area contributed by atoms with E-state index >= 15 is 0 Å². The first-order chi connectivity index (χ1) is 5.97. The van der Waals surface area contributed by atoms with Gasteiger partial charge >= 0.3 is 5.97 Å². The molecule has 0 bridgehead atoms. The van der Waals surface area contributed by atoms with Crippen LogP contribution in [0.2, 0.25) is 0 Å². The number of carbonyl (C=O) groups excluding carboxylic acids is 1. The SMILES string of the molecule is CCC(C)NC(=O)CC(C)C(=O)O. The molecule has 4 nitrogen and oxygen atoms in total. The summed E-state index contributed by atoms with van der Waals surface area (Å²) < 4.78 is 0. The second-order valence-corrected chi connectivity index (χ2v) is 3.32. The van der Waals surface area contributed by atoms with Crippen molar-refractivity contribution in [3.63, 3.8) is 0 Å². The summed E-state index contributed by atoms with van der Waals surface area (Å²) in [5.74, 6) is -1.73. The Morgan fingerprint density at radius 2 is 1.92 bits per heavy atom. The second-order valence-electron chi connectivity index (χ2n) is 3.32. The average Bonchev–Trinajstić information content (AvgIpc) is 2.03. The molecule has 0 aromatic carbocycles. The van der Waals surface area contributed by atoms with E-state index < -0.39 is 11.9 Å². The second kappa shape index (κ2) is 5.56. The van der Waals surface area contributed by atoms with Gasteiger partial charge in [-0.2, -0.15) is 0 Å². The Morgan fingerprint density at radius 3 is 2.31 bits per heavy atom. The Hall–Kier alpha value is -1.06. The minimum atomic E-state index is -0.931. The third kappa shape index (κ3) is 5.22. The van der Waals surface area contributed by atoms with Crippen LogP contribution in [-0.4, -0.2) is 23.0 Å². The number of aliphatic carboxylic acids is 1. The summed E-state index contributed by atoms with van der Waals surface area (Å²) in [6, 6.07) is 0.119. The summed E-state index contributed by atoms with van der Waals surface area (Å²) in [5, 5.41) is 11.3. The molecule has 0 aromatic rings. The molecule has 0 heterocycles. The van der Waals surface area contributed by atoms with Crippen LogP contribution in [-0.2, 0) is 9.59 Å². The van der Waals surface area contributed by atoms with Crippen molar-refractivity contribution in [3.05, 3.63) is 0 Å². The maximum Gasteiger partial charge on any atom is 0.306 e. The van der Waals surface area contributed by atoms with Crippen molar-refractivity contribution in [2.75, 3.05) is 0 Å². The lowest BCUT2D eigenvalue weighted by Crippen LogP contribution is -2.33. The summed E-state index contributed by atoms with van der Waals surface area (Å²) in [6.45, 7) is 5.38. The standard InChI is InChI=1S/C9H17NO3/c1-4-7(3)10-8(11)5-6(2)9(12)13/h6-7H,4-5H2,1-3H3,(H,10,11)(H,12,13). The summed E-state index contributed by atoms with van der Waals surface area (Å²) in [5.41, 5.74) is 0. The van der Waals surface area contributed by atoms with Crippen molar-refractivity contribution in [2.24, 2.45) is 5.92 Å². The maximum atomic E-state index is 11.2. The van der Waals surface area contributed by atoms with Crippen LogP contribution in [0.5, 0.6) is 0 Å². The van der Waals surface area contributed by atoms with E-state index in [1.54, 1.807) is 0 Å². The third-order valence-corrected chi connectivity index (χ3v) is 1.93. The van der Waals surface area contributed by atoms with Gasteiger partial charge in [0.05, 0.1) is 5.92 Å². The molecule has 76 valence electrons. The molecule has 0 aliphatic carbocycles. The first-order valence-corrected chi connectivity index (χ1v) is 4.49. The van der Waals surface area contributed by atoms with Gasteiger partial charge in [0.15, 0.2) is 0 Å². The molecule has 2 atom stereocenters. The molecule has 0 aliphatic rings. The highest BCUT2D eigenvalue weighted by molar-refractivity contribution is 5.82. The lowest BCUT2D eigenvalue weighted by molar-refractivity contribution is -0.143. The minimum Gasteiger partial charge on any atom is -0.481 e. The van der Waals surface area contributed by atoms with Crippen LogP contribution >= 0.6 is 0 Å². The molecular weight excluding hydrogens is 170 g/mol. The molecule has 0 aliphatic heterocycles. The summed E-state index contributed by atoms with van der Waals surface area (Å²) in [7, 11) is 0. The van der Waals surface area contributed by atoms with Gasteiger partial charge in [0.1, 0.15) is 0 Å². The zero-order valence-electron chi connectivity index (χ0n) is 8.33. The van der Waals surface area contributed by atoms with Gasteiger partial charge in [-0.3, -0.25) is 9.59 Å². The summed E-state index contributed by atoms with van der Waals surface area (Å²) in [4.78, 5) is 21.6. The first kappa shape index (κ1) is 11.9. The molecule has 0 fully saturated rings. The first-order valence-electron chi connectivity index (χ1n) is 4.49. The number of amides is 1. The Labute approximate surface area is 78.3 Å². The van der Waals surface area contributed by atoms with Gasteiger partial charge in [-0.25, -0.2) is 0 Å². The topological polar surface area (TPSA) is 66.4 Å². The van der Waals surface area contributed by atoms with Gasteiger partial charge < -0.3 is 10.4 Å². The van der Waals surface area contributed by atoms with E-state index in [9.17, 15) is 9.59 Å². The molecule has 2 unspecified atom stereocenters. The molecule has 13 heavy (non-hydrogen) atoms. The summed E-state index contributed by atoms with van der Waals surface area (Å²) >= 11 is 0. The Bertz CT molecular complexity index is 191. The number of hydrogen-bond acceptors (Lipinski definition) is 2. The van der Waals surface area contributed by atoms with Crippen molar-refractivity contribution in [1.82, 2.24) is 5.32 Å². The number of carboxylic acid groups (broad SMARTS) is 1. The van der Waals surface area contributed by atoms with E-state index in [2.05, 4.69) is 5.32 Å². The van der Waals surface area contributed by atoms with Crippen molar-refractivity contribution in [2.45, 2.75) is 39.7 Å². The number of hydrogen-bond donors (Lipinski definition) is 2. The van der Waals surface area contributed by atoms with Crippen molar-refractivity contribution in [1.29, 1.82) is 0 Å². The van der Waals surface area contributed by atoms with Gasteiger partial charge in [-0.05, 0) is 13.3 Å². The fraction of sp³-hybridized carbons (Fsp3) is 0.778. The van der Waals surface area contributed by atoms with E-state index in [0.717, 1.165) is 6.42 Å². The predicted octanol–water partition coefficient (Wildman–Crippen LogP) is 1.01. The smallest absolute Gasteiger partial charge is 0.306 e. The van der Waals surface area contributed by atoms with Gasteiger partial charge in [0.2, 0.25) is 5.91 Å². The Morgan fingerprint density at radius 1 is 1.38 bits per heavy atom. The molecule has 0 saturated carbocycles. The minimum absolute atomic E-state index is 0.0552. The van der Waals surface area contributed by atoms with Crippen molar-refractivity contribution < 1.29 is 14.7 Å². The predicted molar refractivity (Wildman–Crippen MR) is 49.3 cm³/mol. The number of nitrogens with one attached hydrogen (secondary N) is 1. The molecular formula is C9H17NO3. The van der Waals surface area contributed by atoms with E-state index in [4.69, 9.17) is 5.11 Å². The molecule has 0 radical (unpaired) electrons. The quantitative estimate of drug-likeness (QED) is 0.675. The highest BCUT2D eigenvalue weighted by atomic mass is 16.4. The van der Waals surface area contributed by atoms with E-state index in [0.29, 0.717) is 0 Å². The molecule has 2 N–H and O–H groups in total. The summed E-state index contributed by atoms with van der Waals surface area (Å²) in [6.07, 6.45) is 0.910. The van der Waals surface area contributed by atoms with Crippen LogP contribution in [0.4, 0.5) is 0 Å². The Kier molecular flexibility index (Phi) is 5.11. The van der Waals surface area contributed by atoms with Gasteiger partial charge in [0, 0.05) is 12.5 Å². The van der Waals surface area contributed by atoms with Crippen LogP contribution in [0.15, 0.2) is 0 Å². The number of rotatable bonds is 5. The van der Waals surface area contributed by atoms with Crippen LogP contribution in [0.1, 0.15) is 33.6 Å². The van der Waals surface area contributed by atoms with E-state index in [1.165, 1.54) is 6.92 Å². The zero-order chi connectivity index (χ0) is 10.4. The zero-order valence-corrected chi connectivity index (χ0v) is 8.33. The normalized spacial score (nSPS) is 14.7. The number of carboxylic acids is 1. The number of carbonyl (C=O) groups is 2. The third-order valence-electron chi connectivity index (χ3n) is 1.93. The van der Waals surface area contributed by atoms with E-state index in [1.807, 2.05) is 13.8 Å². The van der Waals surface area contributed by atoms with Crippen LogP contribution < -0.4 is 5.32 Å². The van der Waals surface area contributed by atoms with E-state index in [-0.39, 0.29) is 18.4 Å². The maximum absolute atomic E-state index is 11.2. The van der Waals surface area contributed by atoms with Crippen LogP contribution in [0.3, 0.4) is 0 Å². The van der Waals surface area contributed by atoms with Gasteiger partial charge in [-0.15, -0.1) is 0 Å². The molecule has 4 heteroatoms. The lowest BCUT2D eigenvalue weighted by Gasteiger charge is -2.12. The molecule has 0 saturated heterocycles. The monoisotopic (exact) mass is 187 g/mol. The molecule has 1 amide bonds. The molecule has 0 spiro atoms. The lowest BCUT2D eigenvalue weighted by atomic mass is 10.1. The van der Waals surface area contributed by atoms with Crippen molar-refractivity contribution >= 4 is 11.9 Å². The highest BCUT2D eigenvalue weighted by Gasteiger charge is 2.16. The Balaban J connectivity index is 3.81. The fourth-order valence-electron chi connectivity index (χ4n) is 0.801. The van der Waals surface area contributed by atoms with Gasteiger partial charge in [-0.1, -0.05) is 13.8 Å². The largest absolute Gasteiger partial charge is 0.481 e. The molecule has 0 rings (SSSR count). The van der Waals surface area contributed by atoms with Crippen LogP contribution in [0.25, 0.3) is 0 Å². The average molecular weight is 187 g/mol.